The van der Waals surface area contributed by atoms with E-state index < -0.39 is 0 Å². The molecule has 0 saturated heterocycles. The lowest BCUT2D eigenvalue weighted by Crippen LogP contribution is -2.06. The number of aromatic nitrogens is 2. The van der Waals surface area contributed by atoms with Crippen LogP contribution in [0.15, 0.2) is 46.9 Å². The second kappa shape index (κ2) is 5.14. The smallest absolute Gasteiger partial charge is 0.178 e. The fraction of sp³-hybridized carbons (Fsp3) is 0.133. The van der Waals surface area contributed by atoms with Gasteiger partial charge in [-0.25, -0.2) is 4.39 Å². The SMILES string of the molecule is CC(c1ccc(Br)cc1)n1c(=S)[nH]c2c(F)cccc21. The van der Waals surface area contributed by atoms with Crippen LogP contribution in [0.5, 0.6) is 0 Å². The molecule has 0 aliphatic rings. The maximum absolute atomic E-state index is 13.8. The molecule has 1 aromatic heterocycles. The van der Waals surface area contributed by atoms with E-state index >= 15 is 0 Å². The number of hydrogen-bond acceptors (Lipinski definition) is 1. The molecule has 0 fully saturated rings. The van der Waals surface area contributed by atoms with Gasteiger partial charge in [-0.1, -0.05) is 34.1 Å². The molecule has 0 aliphatic heterocycles. The average Bonchev–Trinajstić information content (AvgIpc) is 2.77. The zero-order valence-electron chi connectivity index (χ0n) is 10.7. The number of benzene rings is 2. The summed E-state index contributed by atoms with van der Waals surface area (Å²) in [5, 5.41) is 0. The highest BCUT2D eigenvalue weighted by Gasteiger charge is 2.14. The molecule has 0 radical (unpaired) electrons. The number of halogens is 2. The van der Waals surface area contributed by atoms with Crippen molar-refractivity contribution in [3.63, 3.8) is 0 Å². The quantitative estimate of drug-likeness (QED) is 0.629. The predicted molar refractivity (Wildman–Crippen MR) is 85.0 cm³/mol. The number of nitrogens with one attached hydrogen (secondary N) is 1. The minimum absolute atomic E-state index is 0.0335. The zero-order chi connectivity index (χ0) is 14.3. The summed E-state index contributed by atoms with van der Waals surface area (Å²) in [6.45, 7) is 2.05. The summed E-state index contributed by atoms with van der Waals surface area (Å²) >= 11 is 8.77. The van der Waals surface area contributed by atoms with E-state index in [-0.39, 0.29) is 11.9 Å². The van der Waals surface area contributed by atoms with Gasteiger partial charge in [0.2, 0.25) is 0 Å². The van der Waals surface area contributed by atoms with Gasteiger partial charge in [-0.05, 0) is 49.0 Å². The number of fused-ring (bicyclic) bond motifs is 1. The van der Waals surface area contributed by atoms with E-state index in [1.54, 1.807) is 6.07 Å². The highest BCUT2D eigenvalue weighted by Crippen LogP contribution is 2.26. The Kier molecular flexibility index (Phi) is 3.48. The largest absolute Gasteiger partial charge is 0.328 e. The van der Waals surface area contributed by atoms with Gasteiger partial charge in [-0.3, -0.25) is 0 Å². The second-order valence-electron chi connectivity index (χ2n) is 4.66. The van der Waals surface area contributed by atoms with Crippen LogP contribution in [0.3, 0.4) is 0 Å². The van der Waals surface area contributed by atoms with Crippen molar-refractivity contribution in [3.8, 4) is 0 Å². The van der Waals surface area contributed by atoms with Gasteiger partial charge in [0.15, 0.2) is 4.77 Å². The Bertz CT molecular complexity index is 820. The normalized spacial score (nSPS) is 12.8. The molecule has 1 unspecified atom stereocenters. The van der Waals surface area contributed by atoms with Gasteiger partial charge in [0.25, 0.3) is 0 Å². The third kappa shape index (κ3) is 2.21. The number of hydrogen-bond donors (Lipinski definition) is 1. The van der Waals surface area contributed by atoms with Gasteiger partial charge >= 0.3 is 0 Å². The van der Waals surface area contributed by atoms with E-state index in [4.69, 9.17) is 12.2 Å². The molecule has 5 heteroatoms. The van der Waals surface area contributed by atoms with Crippen molar-refractivity contribution in [2.24, 2.45) is 0 Å². The molecule has 1 atom stereocenters. The van der Waals surface area contributed by atoms with E-state index in [0.717, 1.165) is 15.6 Å². The van der Waals surface area contributed by atoms with Gasteiger partial charge in [0.05, 0.1) is 11.6 Å². The topological polar surface area (TPSA) is 20.7 Å². The van der Waals surface area contributed by atoms with Crippen molar-refractivity contribution in [1.82, 2.24) is 9.55 Å². The molecule has 1 heterocycles. The minimum atomic E-state index is -0.282. The van der Waals surface area contributed by atoms with Crippen LogP contribution in [0.25, 0.3) is 11.0 Å². The molecule has 0 amide bonds. The molecule has 1 N–H and O–H groups in total. The molecule has 0 saturated carbocycles. The number of imidazole rings is 1. The Hall–Kier alpha value is -1.46. The number of rotatable bonds is 2. The van der Waals surface area contributed by atoms with E-state index in [1.165, 1.54) is 6.07 Å². The lowest BCUT2D eigenvalue weighted by Gasteiger charge is -2.15. The van der Waals surface area contributed by atoms with Gasteiger partial charge < -0.3 is 9.55 Å². The first kappa shape index (κ1) is 13.5. The maximum Gasteiger partial charge on any atom is 0.178 e. The molecule has 0 spiro atoms. The third-order valence-corrected chi connectivity index (χ3v) is 4.27. The molecule has 0 bridgehead atoms. The van der Waals surface area contributed by atoms with Crippen LogP contribution < -0.4 is 0 Å². The number of aromatic amines is 1. The molecule has 102 valence electrons. The summed E-state index contributed by atoms with van der Waals surface area (Å²) in [5.74, 6) is -0.282. The zero-order valence-corrected chi connectivity index (χ0v) is 13.1. The summed E-state index contributed by atoms with van der Waals surface area (Å²) < 4.78 is 17.3. The van der Waals surface area contributed by atoms with Crippen molar-refractivity contribution in [3.05, 3.63) is 63.1 Å². The van der Waals surface area contributed by atoms with Gasteiger partial charge in [-0.2, -0.15) is 0 Å². The van der Waals surface area contributed by atoms with Crippen molar-refractivity contribution in [2.75, 3.05) is 0 Å². The molecule has 2 nitrogen and oxygen atoms in total. The Labute approximate surface area is 129 Å². The van der Waals surface area contributed by atoms with Crippen LogP contribution in [0, 0.1) is 10.6 Å². The Morgan fingerprint density at radius 3 is 2.60 bits per heavy atom. The lowest BCUT2D eigenvalue weighted by atomic mass is 10.1. The second-order valence-corrected chi connectivity index (χ2v) is 5.96. The lowest BCUT2D eigenvalue weighted by molar-refractivity contribution is 0.636. The van der Waals surface area contributed by atoms with Crippen molar-refractivity contribution >= 4 is 39.2 Å². The van der Waals surface area contributed by atoms with Crippen molar-refractivity contribution in [1.29, 1.82) is 0 Å². The van der Waals surface area contributed by atoms with Crippen LogP contribution in [-0.4, -0.2) is 9.55 Å². The van der Waals surface area contributed by atoms with Crippen LogP contribution in [0.4, 0.5) is 4.39 Å². The molecular formula is C15H12BrFN2S. The molecule has 0 aliphatic carbocycles. The van der Waals surface area contributed by atoms with Crippen LogP contribution >= 0.6 is 28.1 Å². The van der Waals surface area contributed by atoms with Crippen LogP contribution in [0.2, 0.25) is 0 Å². The molecule has 3 aromatic rings. The standard InChI is InChI=1S/C15H12BrFN2S/c1-9(10-5-7-11(16)8-6-10)19-13-4-2-3-12(17)14(13)18-15(19)20/h2-9H,1H3,(H,18,20). The number of nitrogens with zero attached hydrogens (tertiary/aromatic N) is 1. The van der Waals surface area contributed by atoms with Crippen molar-refractivity contribution in [2.45, 2.75) is 13.0 Å². The van der Waals surface area contributed by atoms with E-state index in [0.29, 0.717) is 10.3 Å². The van der Waals surface area contributed by atoms with Gasteiger partial charge in [-0.15, -0.1) is 0 Å². The summed E-state index contributed by atoms with van der Waals surface area (Å²) in [6, 6.07) is 13.1. The highest BCUT2D eigenvalue weighted by atomic mass is 79.9. The first-order valence-corrected chi connectivity index (χ1v) is 7.42. The first-order chi connectivity index (χ1) is 9.58. The summed E-state index contributed by atoms with van der Waals surface area (Å²) in [5.41, 5.74) is 2.36. The minimum Gasteiger partial charge on any atom is -0.328 e. The average molecular weight is 351 g/mol. The molecule has 20 heavy (non-hydrogen) atoms. The monoisotopic (exact) mass is 350 g/mol. The maximum atomic E-state index is 13.8. The Morgan fingerprint density at radius 2 is 1.90 bits per heavy atom. The fourth-order valence-electron chi connectivity index (χ4n) is 2.39. The van der Waals surface area contributed by atoms with E-state index in [2.05, 4.69) is 27.8 Å². The molecule has 3 rings (SSSR count). The van der Waals surface area contributed by atoms with Gasteiger partial charge in [0.1, 0.15) is 11.3 Å². The highest BCUT2D eigenvalue weighted by molar-refractivity contribution is 9.10. The molecular weight excluding hydrogens is 339 g/mol. The van der Waals surface area contributed by atoms with Crippen molar-refractivity contribution < 1.29 is 4.39 Å². The Balaban J connectivity index is 2.19. The van der Waals surface area contributed by atoms with E-state index in [9.17, 15) is 4.39 Å². The predicted octanol–water partition coefficient (Wildman–Crippen LogP) is 5.21. The summed E-state index contributed by atoms with van der Waals surface area (Å²) in [7, 11) is 0. The van der Waals surface area contributed by atoms with Gasteiger partial charge in [0, 0.05) is 4.47 Å². The number of H-pyrrole nitrogens is 1. The number of para-hydroxylation sites is 1. The summed E-state index contributed by atoms with van der Waals surface area (Å²) in [4.78, 5) is 2.95. The third-order valence-electron chi connectivity index (χ3n) is 3.44. The molecule has 2 aromatic carbocycles. The Morgan fingerprint density at radius 1 is 1.20 bits per heavy atom. The van der Waals surface area contributed by atoms with Crippen LogP contribution in [0.1, 0.15) is 18.5 Å². The summed E-state index contributed by atoms with van der Waals surface area (Å²) in [6.07, 6.45) is 0. The fourth-order valence-corrected chi connectivity index (χ4v) is 3.01. The van der Waals surface area contributed by atoms with Crippen LogP contribution in [-0.2, 0) is 0 Å². The van der Waals surface area contributed by atoms with E-state index in [1.807, 2.05) is 34.9 Å². The first-order valence-electron chi connectivity index (χ1n) is 6.22.